The molecule has 0 unspecified atom stereocenters. The minimum absolute atomic E-state index is 0. The Bertz CT molecular complexity index is 6850. The van der Waals surface area contributed by atoms with Crippen LogP contribution < -0.4 is 69.1 Å². The van der Waals surface area contributed by atoms with Gasteiger partial charge in [0.1, 0.15) is 0 Å². The molecule has 4 aliphatic rings. The van der Waals surface area contributed by atoms with E-state index in [0.29, 0.717) is 5.46 Å². The van der Waals surface area contributed by atoms with Crippen LogP contribution in [0, 0.1) is 3.57 Å². The van der Waals surface area contributed by atoms with Gasteiger partial charge in [0.25, 0.3) is 0 Å². The second-order valence-electron chi connectivity index (χ2n) is 33.4. The van der Waals surface area contributed by atoms with Crippen molar-refractivity contribution in [2.24, 2.45) is 0 Å². The molecular formula is C126H92BBr2IO2P4Pd. The zero-order valence-corrected chi connectivity index (χ0v) is 85.1. The molecule has 2 spiro atoms. The van der Waals surface area contributed by atoms with Gasteiger partial charge in [0, 0.05) is 32.9 Å². The van der Waals surface area contributed by atoms with Gasteiger partial charge in [-0.25, -0.2) is 0 Å². The molecule has 11 heteroatoms. The van der Waals surface area contributed by atoms with Crippen LogP contribution in [0.15, 0.2) is 555 Å². The van der Waals surface area contributed by atoms with E-state index >= 15 is 0 Å². The Morgan fingerprint density at radius 2 is 0.401 bits per heavy atom. The van der Waals surface area contributed by atoms with Crippen molar-refractivity contribution in [3.63, 3.8) is 0 Å². The van der Waals surface area contributed by atoms with Gasteiger partial charge in [-0.2, -0.15) is 0 Å². The molecule has 0 amide bonds. The molecule has 2 nitrogen and oxygen atoms in total. The third-order valence-electron chi connectivity index (χ3n) is 25.6. The fraction of sp³-hybridized carbons (Fsp3) is 0.0159. The Kier molecular flexibility index (Phi) is 30.0. The maximum atomic E-state index is 9.67. The van der Waals surface area contributed by atoms with E-state index < -0.39 is 38.8 Å². The summed E-state index contributed by atoms with van der Waals surface area (Å²) in [6, 6.07) is 194. The first-order chi connectivity index (χ1) is 67.1. The molecule has 0 bridgehead atoms. The third-order valence-corrected chi connectivity index (χ3v) is 37.1. The number of hydrogen-bond acceptors (Lipinski definition) is 2. The van der Waals surface area contributed by atoms with Crippen LogP contribution >= 0.6 is 86.1 Å². The van der Waals surface area contributed by atoms with Crippen molar-refractivity contribution < 1.29 is 30.5 Å². The molecule has 4 aliphatic carbocycles. The van der Waals surface area contributed by atoms with E-state index in [1.54, 1.807) is 0 Å². The fourth-order valence-corrected chi connectivity index (χ4v) is 29.9. The molecule has 22 aromatic carbocycles. The Morgan fingerprint density at radius 1 is 0.197 bits per heavy atom. The smallest absolute Gasteiger partial charge is 0.423 e. The van der Waals surface area contributed by atoms with E-state index in [1.165, 1.54) is 161 Å². The van der Waals surface area contributed by atoms with E-state index in [0.717, 1.165) is 14.3 Å². The van der Waals surface area contributed by atoms with Crippen molar-refractivity contribution in [3.05, 3.63) is 603 Å². The zero-order chi connectivity index (χ0) is 92.2. The average molecular weight is 2170 g/mol. The molecule has 26 rings (SSSR count). The Hall–Kier alpha value is -12.1. The van der Waals surface area contributed by atoms with Crippen LogP contribution in [0.4, 0.5) is 0 Å². The Balaban J connectivity index is 0.000000104. The van der Waals surface area contributed by atoms with Crippen LogP contribution in [-0.4, -0.2) is 17.2 Å². The summed E-state index contributed by atoms with van der Waals surface area (Å²) in [4.78, 5) is 0. The normalized spacial score (nSPS) is 12.2. The number of hydrogen-bond donors (Lipinski definition) is 2. The summed E-state index contributed by atoms with van der Waals surface area (Å²) in [6.07, 6.45) is 0. The van der Waals surface area contributed by atoms with E-state index in [9.17, 15) is 10.0 Å². The Morgan fingerprint density at radius 3 is 0.642 bits per heavy atom. The summed E-state index contributed by atoms with van der Waals surface area (Å²) in [5.74, 6) is 0. The molecule has 0 saturated carbocycles. The van der Waals surface area contributed by atoms with Crippen LogP contribution in [0.25, 0.3) is 54.2 Å². The van der Waals surface area contributed by atoms with E-state index in [2.05, 4.69) is 570 Å². The van der Waals surface area contributed by atoms with E-state index in [4.69, 9.17) is 0 Å². The first-order valence-corrected chi connectivity index (χ1v) is 53.7. The van der Waals surface area contributed by atoms with Gasteiger partial charge >= 0.3 is 7.12 Å². The van der Waals surface area contributed by atoms with Crippen molar-refractivity contribution in [1.29, 1.82) is 0 Å². The van der Waals surface area contributed by atoms with Crippen LogP contribution in [0.5, 0.6) is 0 Å². The quantitative estimate of drug-likeness (QED) is 0.0647. The van der Waals surface area contributed by atoms with Gasteiger partial charge in [0.15, 0.2) is 0 Å². The molecule has 0 heterocycles. The van der Waals surface area contributed by atoms with Gasteiger partial charge in [-0.3, -0.25) is 0 Å². The molecule has 0 saturated heterocycles. The SMILES string of the molecule is Brc1ccc(-c2ccc3c4c(cccc24)C32c3cccc4cccc2c34)cc1.Brc1ccc(I)cc1.OB(O)c1ccc2c3c(cccc13)C21c2cccc3cccc1c23.[Pd].c1ccc(P(c2ccccc2)c2ccccc2)cc1.c1ccc(P(c2ccccc2)c2ccccc2)cc1.c1ccc(P(c2ccccc2)c2ccccc2)cc1.c1ccc(P(c2ccccc2)c2ccccc2)cc1. The minimum Gasteiger partial charge on any atom is -0.423 e. The Labute approximate surface area is 852 Å². The van der Waals surface area contributed by atoms with Crippen LogP contribution in [0.2, 0.25) is 0 Å². The standard InChI is InChI=1S/C27H15Br.C21H13BO2.4C18H15P.C6H4BrI.Pd/c28-18-12-10-16(11-13-18)19-14-15-24-26-20(19)6-3-9-23(26)27(24)21-7-1-4-17-5-2-8-22(27)25(17)21;23-22(24)18-11-10-17-20-13(18)6-3-9-16(20)21(17)14-7-1-4-12-5-2-8-15(21)19(12)14;4*1-4-10-16(11-5-1)19(17-12-6-2-7-13-17)18-14-8-3-9-15-18;7-5-1-3-6(8)4-2-5;/h1-15H;1-11,23-24H;4*1-15H;1-4H;. The number of halogens is 3. The topological polar surface area (TPSA) is 40.5 Å². The molecule has 0 radical (unpaired) electrons. The fourth-order valence-electron chi connectivity index (χ4n) is 19.8. The van der Waals surface area contributed by atoms with Crippen molar-refractivity contribution in [3.8, 4) is 11.1 Å². The first-order valence-electron chi connectivity index (χ1n) is 45.7. The van der Waals surface area contributed by atoms with Crippen molar-refractivity contribution in [2.75, 3.05) is 0 Å². The van der Waals surface area contributed by atoms with Crippen LogP contribution in [0.3, 0.4) is 0 Å². The van der Waals surface area contributed by atoms with Gasteiger partial charge in [-0.1, -0.05) is 541 Å². The number of benzene rings is 22. The molecular weight excluding hydrogens is 2070 g/mol. The van der Waals surface area contributed by atoms with Gasteiger partial charge in [0.05, 0.1) is 10.8 Å². The summed E-state index contributed by atoms with van der Waals surface area (Å²) < 4.78 is 3.52. The summed E-state index contributed by atoms with van der Waals surface area (Å²) in [7, 11) is -3.23. The summed E-state index contributed by atoms with van der Waals surface area (Å²) in [5, 5.41) is 46.5. The summed E-state index contributed by atoms with van der Waals surface area (Å²) in [5.41, 5.74) is 14.2. The largest absolute Gasteiger partial charge is 0.489 e. The maximum absolute atomic E-state index is 9.67. The molecule has 22 aromatic rings. The van der Waals surface area contributed by atoms with Crippen LogP contribution in [-0.2, 0) is 31.3 Å². The monoisotopic (exact) mass is 2160 g/mol. The first kappa shape index (κ1) is 93.9. The van der Waals surface area contributed by atoms with E-state index in [1.807, 2.05) is 30.3 Å². The molecule has 0 aliphatic heterocycles. The summed E-state index contributed by atoms with van der Waals surface area (Å²) in [6.45, 7) is 0. The van der Waals surface area contributed by atoms with Gasteiger partial charge in [-0.15, -0.1) is 0 Å². The molecule has 0 atom stereocenters. The predicted molar refractivity (Wildman–Crippen MR) is 604 cm³/mol. The van der Waals surface area contributed by atoms with Crippen molar-refractivity contribution in [1.82, 2.24) is 0 Å². The molecule has 662 valence electrons. The second kappa shape index (κ2) is 43.7. The molecule has 137 heavy (non-hydrogen) atoms. The van der Waals surface area contributed by atoms with Gasteiger partial charge < -0.3 is 10.0 Å². The number of rotatable bonds is 14. The average Bonchev–Trinajstić information content (AvgIpc) is 0.646. The second-order valence-corrected chi connectivity index (χ2v) is 45.4. The minimum atomic E-state index is -1.44. The third kappa shape index (κ3) is 19.2. The van der Waals surface area contributed by atoms with E-state index in [-0.39, 0.29) is 31.3 Å². The maximum Gasteiger partial charge on any atom is 0.489 e. The van der Waals surface area contributed by atoms with Gasteiger partial charge in [0.2, 0.25) is 0 Å². The molecule has 2 N–H and O–H groups in total. The van der Waals surface area contributed by atoms with Crippen molar-refractivity contribution >= 4 is 205 Å². The predicted octanol–water partition coefficient (Wildman–Crippen LogP) is 26.9. The van der Waals surface area contributed by atoms with Crippen LogP contribution in [0.1, 0.15) is 44.5 Å². The zero-order valence-electron chi connectivity index (χ0n) is 74.7. The summed E-state index contributed by atoms with van der Waals surface area (Å²) >= 11 is 9.17. The van der Waals surface area contributed by atoms with Crippen molar-refractivity contribution in [2.45, 2.75) is 10.8 Å². The number of fused-ring (bicyclic) bond motifs is 8. The molecule has 0 aromatic heterocycles. The molecule has 0 fully saturated rings. The van der Waals surface area contributed by atoms with Gasteiger partial charge in [-0.05, 0) is 259 Å².